The van der Waals surface area contributed by atoms with Crippen molar-refractivity contribution < 1.29 is 13.2 Å². The normalized spacial score (nSPS) is 26.0. The summed E-state index contributed by atoms with van der Waals surface area (Å²) in [4.78, 5) is 15.0. The highest BCUT2D eigenvalue weighted by Gasteiger charge is 2.32. The first-order chi connectivity index (χ1) is 11.3. The Morgan fingerprint density at radius 3 is 2.29 bits per heavy atom. The number of aryl methyl sites for hydroxylation is 1. The summed E-state index contributed by atoms with van der Waals surface area (Å²) in [6, 6.07) is 1.54. The third kappa shape index (κ3) is 3.24. The Hall–Kier alpha value is -1.34. The Balaban J connectivity index is 1.85. The van der Waals surface area contributed by atoms with Gasteiger partial charge in [0, 0.05) is 39.4 Å². The van der Waals surface area contributed by atoms with Crippen LogP contribution in [-0.2, 0) is 17.1 Å². The molecule has 6 nitrogen and oxygen atoms in total. The standard InChI is InChI=1S/C17H27N3O3S/c1-13-8-14(2)11-19(10-13)17(21)16-9-15(12-18(16)3)24(22,23)20-6-4-5-7-20/h9,12-14H,4-8,10-11H2,1-3H3. The van der Waals surface area contributed by atoms with E-state index in [0.29, 0.717) is 30.6 Å². The number of rotatable bonds is 3. The van der Waals surface area contributed by atoms with Crippen molar-refractivity contribution in [2.24, 2.45) is 18.9 Å². The SMILES string of the molecule is CC1CC(C)CN(C(=O)c2cc(S(=O)(=O)N3CCCC3)cn2C)C1. The van der Waals surface area contributed by atoms with Crippen LogP contribution in [0.15, 0.2) is 17.2 Å². The molecule has 0 aliphatic carbocycles. The summed E-state index contributed by atoms with van der Waals surface area (Å²) in [6.45, 7) is 6.93. The molecule has 3 heterocycles. The van der Waals surface area contributed by atoms with Crippen LogP contribution in [0, 0.1) is 11.8 Å². The van der Waals surface area contributed by atoms with Crippen molar-refractivity contribution >= 4 is 15.9 Å². The minimum atomic E-state index is -3.48. The molecule has 7 heteroatoms. The second kappa shape index (κ2) is 6.52. The number of nitrogens with zero attached hydrogens (tertiary/aromatic N) is 3. The summed E-state index contributed by atoms with van der Waals surface area (Å²) in [5.41, 5.74) is 0.453. The fourth-order valence-corrected chi connectivity index (χ4v) is 5.55. The summed E-state index contributed by atoms with van der Waals surface area (Å²) < 4.78 is 28.5. The van der Waals surface area contributed by atoms with Crippen LogP contribution in [0.5, 0.6) is 0 Å². The van der Waals surface area contributed by atoms with E-state index in [-0.39, 0.29) is 10.8 Å². The van der Waals surface area contributed by atoms with Crippen molar-refractivity contribution in [1.82, 2.24) is 13.8 Å². The maximum atomic E-state index is 12.9. The average molecular weight is 353 g/mol. The van der Waals surface area contributed by atoms with Gasteiger partial charge >= 0.3 is 0 Å². The van der Waals surface area contributed by atoms with E-state index >= 15 is 0 Å². The van der Waals surface area contributed by atoms with Crippen molar-refractivity contribution in [1.29, 1.82) is 0 Å². The molecule has 0 radical (unpaired) electrons. The minimum Gasteiger partial charge on any atom is -0.345 e. The van der Waals surface area contributed by atoms with E-state index in [1.807, 2.05) is 4.90 Å². The van der Waals surface area contributed by atoms with Crippen LogP contribution in [0.25, 0.3) is 0 Å². The summed E-state index contributed by atoms with van der Waals surface area (Å²) in [5, 5.41) is 0. The molecule has 1 amide bonds. The molecule has 2 saturated heterocycles. The van der Waals surface area contributed by atoms with E-state index < -0.39 is 10.0 Å². The highest BCUT2D eigenvalue weighted by atomic mass is 32.2. The van der Waals surface area contributed by atoms with Gasteiger partial charge in [-0.15, -0.1) is 0 Å². The van der Waals surface area contributed by atoms with Crippen molar-refractivity contribution in [3.8, 4) is 0 Å². The van der Waals surface area contributed by atoms with E-state index in [1.165, 1.54) is 4.31 Å². The number of carbonyl (C=O) groups excluding carboxylic acids is 1. The first-order valence-electron chi connectivity index (χ1n) is 8.75. The lowest BCUT2D eigenvalue weighted by Crippen LogP contribution is -2.43. The zero-order valence-corrected chi connectivity index (χ0v) is 15.6. The lowest BCUT2D eigenvalue weighted by atomic mass is 9.92. The molecule has 2 atom stereocenters. The van der Waals surface area contributed by atoms with Crippen LogP contribution in [0.3, 0.4) is 0 Å². The Morgan fingerprint density at radius 1 is 1.12 bits per heavy atom. The smallest absolute Gasteiger partial charge is 0.270 e. The van der Waals surface area contributed by atoms with E-state index in [2.05, 4.69) is 13.8 Å². The van der Waals surface area contributed by atoms with Crippen molar-refractivity contribution in [3.63, 3.8) is 0 Å². The molecule has 3 rings (SSSR count). The van der Waals surface area contributed by atoms with Gasteiger partial charge in [-0.25, -0.2) is 8.42 Å². The molecule has 0 saturated carbocycles. The third-order valence-electron chi connectivity index (χ3n) is 5.06. The van der Waals surface area contributed by atoms with Gasteiger partial charge in [-0.05, 0) is 37.2 Å². The molecule has 24 heavy (non-hydrogen) atoms. The van der Waals surface area contributed by atoms with Crippen LogP contribution in [0.1, 0.15) is 43.6 Å². The summed E-state index contributed by atoms with van der Waals surface area (Å²) in [6.07, 6.45) is 4.51. The van der Waals surface area contributed by atoms with Gasteiger partial charge in [0.1, 0.15) is 10.6 Å². The Morgan fingerprint density at radius 2 is 1.71 bits per heavy atom. The lowest BCUT2D eigenvalue weighted by Gasteiger charge is -2.35. The molecule has 0 spiro atoms. The number of amides is 1. The van der Waals surface area contributed by atoms with Gasteiger partial charge in [-0.1, -0.05) is 13.8 Å². The molecular formula is C17H27N3O3S. The number of hydrogen-bond donors (Lipinski definition) is 0. The van der Waals surface area contributed by atoms with Gasteiger partial charge in [0.2, 0.25) is 10.0 Å². The monoisotopic (exact) mass is 353 g/mol. The molecule has 2 aliphatic rings. The van der Waals surface area contributed by atoms with Gasteiger partial charge < -0.3 is 9.47 Å². The van der Waals surface area contributed by atoms with E-state index in [4.69, 9.17) is 0 Å². The Bertz CT molecular complexity index is 709. The number of aromatic nitrogens is 1. The first kappa shape index (κ1) is 17.5. The van der Waals surface area contributed by atoms with Crippen LogP contribution in [0.2, 0.25) is 0 Å². The van der Waals surface area contributed by atoms with Gasteiger partial charge in [-0.2, -0.15) is 4.31 Å². The number of likely N-dealkylation sites (tertiary alicyclic amines) is 1. The molecule has 2 fully saturated rings. The molecule has 1 aromatic heterocycles. The van der Waals surface area contributed by atoms with Gasteiger partial charge in [0.05, 0.1) is 0 Å². The topological polar surface area (TPSA) is 62.6 Å². The van der Waals surface area contributed by atoms with Crippen LogP contribution >= 0.6 is 0 Å². The zero-order chi connectivity index (χ0) is 17.5. The van der Waals surface area contributed by atoms with Crippen LogP contribution in [0.4, 0.5) is 0 Å². The molecule has 2 aliphatic heterocycles. The average Bonchev–Trinajstić information content (AvgIpc) is 3.15. The van der Waals surface area contributed by atoms with E-state index in [0.717, 1.165) is 32.4 Å². The summed E-state index contributed by atoms with van der Waals surface area (Å²) in [7, 11) is -1.74. The van der Waals surface area contributed by atoms with Crippen molar-refractivity contribution in [2.75, 3.05) is 26.2 Å². The first-order valence-corrected chi connectivity index (χ1v) is 10.2. The molecule has 0 N–H and O–H groups in total. The Kier molecular flexibility index (Phi) is 4.75. The maximum absolute atomic E-state index is 12.9. The molecule has 134 valence electrons. The van der Waals surface area contributed by atoms with Crippen LogP contribution in [-0.4, -0.2) is 54.3 Å². The second-order valence-electron chi connectivity index (χ2n) is 7.44. The quantitative estimate of drug-likeness (QED) is 0.834. The highest BCUT2D eigenvalue weighted by molar-refractivity contribution is 7.89. The zero-order valence-electron chi connectivity index (χ0n) is 14.7. The number of hydrogen-bond acceptors (Lipinski definition) is 3. The summed E-state index contributed by atoms with van der Waals surface area (Å²) in [5.74, 6) is 0.885. The predicted molar refractivity (Wildman–Crippen MR) is 92.3 cm³/mol. The number of sulfonamides is 1. The van der Waals surface area contributed by atoms with E-state index in [9.17, 15) is 13.2 Å². The molecule has 2 unspecified atom stereocenters. The fourth-order valence-electron chi connectivity index (χ4n) is 3.96. The van der Waals surface area contributed by atoms with Gasteiger partial charge in [-0.3, -0.25) is 4.79 Å². The van der Waals surface area contributed by atoms with E-state index in [1.54, 1.807) is 23.9 Å². The van der Waals surface area contributed by atoms with Gasteiger partial charge in [0.15, 0.2) is 0 Å². The largest absolute Gasteiger partial charge is 0.345 e. The highest BCUT2D eigenvalue weighted by Crippen LogP contribution is 2.25. The molecule has 0 bridgehead atoms. The maximum Gasteiger partial charge on any atom is 0.270 e. The fraction of sp³-hybridized carbons (Fsp3) is 0.706. The molecular weight excluding hydrogens is 326 g/mol. The van der Waals surface area contributed by atoms with Crippen LogP contribution < -0.4 is 0 Å². The second-order valence-corrected chi connectivity index (χ2v) is 9.38. The summed E-state index contributed by atoms with van der Waals surface area (Å²) >= 11 is 0. The van der Waals surface area contributed by atoms with Gasteiger partial charge in [0.25, 0.3) is 5.91 Å². The molecule has 0 aromatic carbocycles. The van der Waals surface area contributed by atoms with Crippen molar-refractivity contribution in [2.45, 2.75) is 38.0 Å². The number of carbonyl (C=O) groups is 1. The third-order valence-corrected chi connectivity index (χ3v) is 6.92. The Labute approximate surface area is 144 Å². The van der Waals surface area contributed by atoms with Crippen molar-refractivity contribution in [3.05, 3.63) is 18.0 Å². The predicted octanol–water partition coefficient (Wildman–Crippen LogP) is 1.93. The lowest BCUT2D eigenvalue weighted by molar-refractivity contribution is 0.0613. The molecule has 1 aromatic rings. The number of piperidine rings is 1. The minimum absolute atomic E-state index is 0.0706.